The van der Waals surface area contributed by atoms with Crippen LogP contribution in [0.15, 0.2) is 0 Å². The van der Waals surface area contributed by atoms with E-state index in [0.29, 0.717) is 25.7 Å². The van der Waals surface area contributed by atoms with Crippen molar-refractivity contribution >= 4 is 0 Å². The molecule has 0 atom stereocenters. The van der Waals surface area contributed by atoms with Gasteiger partial charge in [0, 0.05) is 10.8 Å². The van der Waals surface area contributed by atoms with Gasteiger partial charge in [-0.1, -0.05) is 0 Å². The zero-order chi connectivity index (χ0) is 10.7. The second-order valence-electron chi connectivity index (χ2n) is 4.63. The maximum atomic E-state index is 9.17. The average Bonchev–Trinajstić information content (AvgIpc) is 2.29. The van der Waals surface area contributed by atoms with E-state index in [1.54, 1.807) is 0 Å². The molecule has 0 spiro atoms. The monoisotopic (exact) mass is 204 g/mol. The molecule has 84 valence electrons. The van der Waals surface area contributed by atoms with E-state index < -0.39 is 10.8 Å². The van der Waals surface area contributed by atoms with Crippen LogP contribution >= 0.6 is 0 Å². The number of hydrogen-bond acceptors (Lipinski definition) is 4. The molecule has 14 heavy (non-hydrogen) atoms. The van der Waals surface area contributed by atoms with Crippen molar-refractivity contribution in [2.24, 2.45) is 10.8 Å². The molecule has 4 heteroatoms. The van der Waals surface area contributed by atoms with Gasteiger partial charge in [0.25, 0.3) is 0 Å². The van der Waals surface area contributed by atoms with E-state index in [1.807, 2.05) is 0 Å². The third-order valence-electron chi connectivity index (χ3n) is 3.71. The molecule has 0 aromatic heterocycles. The topological polar surface area (TPSA) is 80.9 Å². The second kappa shape index (κ2) is 4.57. The molecule has 4 N–H and O–H groups in total. The van der Waals surface area contributed by atoms with Gasteiger partial charge in [-0.3, -0.25) is 0 Å². The lowest BCUT2D eigenvalue weighted by atomic mass is 9.64. The molecule has 0 aliphatic heterocycles. The Bertz CT molecular complexity index is 141. The Balaban J connectivity index is 2.59. The van der Waals surface area contributed by atoms with Crippen molar-refractivity contribution < 1.29 is 20.4 Å². The fraction of sp³-hybridized carbons (Fsp3) is 1.00. The number of hydrogen-bond donors (Lipinski definition) is 4. The normalized spacial score (nSPS) is 24.9. The molecule has 0 radical (unpaired) electrons. The Morgan fingerprint density at radius 2 is 0.786 bits per heavy atom. The van der Waals surface area contributed by atoms with Crippen molar-refractivity contribution in [1.29, 1.82) is 0 Å². The molecule has 0 aromatic rings. The molecule has 0 bridgehead atoms. The molecule has 0 amide bonds. The van der Waals surface area contributed by atoms with E-state index >= 15 is 0 Å². The molecule has 1 aliphatic rings. The summed E-state index contributed by atoms with van der Waals surface area (Å²) >= 11 is 0. The Kier molecular flexibility index (Phi) is 3.89. The lowest BCUT2D eigenvalue weighted by Crippen LogP contribution is -2.42. The minimum absolute atomic E-state index is 0.0174. The summed E-state index contributed by atoms with van der Waals surface area (Å²) in [5.74, 6) is 0. The number of aliphatic hydroxyl groups is 4. The van der Waals surface area contributed by atoms with Crippen LogP contribution in [0.2, 0.25) is 0 Å². The molecule has 0 heterocycles. The zero-order valence-corrected chi connectivity index (χ0v) is 8.45. The molecule has 4 nitrogen and oxygen atoms in total. The van der Waals surface area contributed by atoms with Crippen molar-refractivity contribution in [3.8, 4) is 0 Å². The van der Waals surface area contributed by atoms with Gasteiger partial charge in [-0.05, 0) is 25.7 Å². The van der Waals surface area contributed by atoms with Gasteiger partial charge in [0.05, 0.1) is 26.4 Å². The molecular weight excluding hydrogens is 184 g/mol. The van der Waals surface area contributed by atoms with Gasteiger partial charge >= 0.3 is 0 Å². The zero-order valence-electron chi connectivity index (χ0n) is 8.45. The van der Waals surface area contributed by atoms with Gasteiger partial charge < -0.3 is 20.4 Å². The van der Waals surface area contributed by atoms with E-state index in [0.717, 1.165) is 0 Å². The second-order valence-corrected chi connectivity index (χ2v) is 4.63. The highest BCUT2D eigenvalue weighted by atomic mass is 16.3. The Hall–Kier alpha value is -0.160. The molecule has 0 unspecified atom stereocenters. The Labute approximate surface area is 84.2 Å². The smallest absolute Gasteiger partial charge is 0.0509 e. The van der Waals surface area contributed by atoms with Crippen molar-refractivity contribution in [3.63, 3.8) is 0 Å². The third-order valence-corrected chi connectivity index (χ3v) is 3.71. The Morgan fingerprint density at radius 1 is 0.571 bits per heavy atom. The molecular formula is C10H20O4. The lowest BCUT2D eigenvalue weighted by molar-refractivity contribution is -0.0519. The van der Waals surface area contributed by atoms with Gasteiger partial charge in [0.1, 0.15) is 0 Å². The van der Waals surface area contributed by atoms with Crippen LogP contribution in [0, 0.1) is 10.8 Å². The number of rotatable bonds is 4. The molecule has 1 rings (SSSR count). The molecule has 1 aliphatic carbocycles. The van der Waals surface area contributed by atoms with Crippen LogP contribution < -0.4 is 0 Å². The van der Waals surface area contributed by atoms with Crippen LogP contribution in [0.1, 0.15) is 25.7 Å². The summed E-state index contributed by atoms with van der Waals surface area (Å²) in [4.78, 5) is 0. The molecule has 1 fully saturated rings. The first-order valence-electron chi connectivity index (χ1n) is 5.09. The first-order valence-corrected chi connectivity index (χ1v) is 5.09. The van der Waals surface area contributed by atoms with Crippen LogP contribution in [0.4, 0.5) is 0 Å². The maximum absolute atomic E-state index is 9.17. The van der Waals surface area contributed by atoms with Gasteiger partial charge in [-0.15, -0.1) is 0 Å². The van der Waals surface area contributed by atoms with Crippen molar-refractivity contribution in [1.82, 2.24) is 0 Å². The largest absolute Gasteiger partial charge is 0.396 e. The van der Waals surface area contributed by atoms with E-state index in [1.165, 1.54) is 0 Å². The average molecular weight is 204 g/mol. The third kappa shape index (κ3) is 2.08. The van der Waals surface area contributed by atoms with E-state index in [9.17, 15) is 20.4 Å². The van der Waals surface area contributed by atoms with Crippen LogP contribution in [-0.4, -0.2) is 46.9 Å². The van der Waals surface area contributed by atoms with Gasteiger partial charge in [-0.2, -0.15) is 0 Å². The van der Waals surface area contributed by atoms with Gasteiger partial charge in [-0.25, -0.2) is 0 Å². The summed E-state index contributed by atoms with van der Waals surface area (Å²) in [6, 6.07) is 0. The van der Waals surface area contributed by atoms with Crippen molar-refractivity contribution in [3.05, 3.63) is 0 Å². The summed E-state index contributed by atoms with van der Waals surface area (Å²) in [6.45, 7) is -0.0697. The van der Waals surface area contributed by atoms with Crippen LogP contribution in [0.25, 0.3) is 0 Å². The predicted molar refractivity (Wildman–Crippen MR) is 51.7 cm³/mol. The van der Waals surface area contributed by atoms with E-state index in [2.05, 4.69) is 0 Å². The van der Waals surface area contributed by atoms with Crippen LogP contribution in [-0.2, 0) is 0 Å². The first-order chi connectivity index (χ1) is 6.66. The first kappa shape index (κ1) is 11.9. The van der Waals surface area contributed by atoms with Gasteiger partial charge in [0.15, 0.2) is 0 Å². The Morgan fingerprint density at radius 3 is 0.929 bits per heavy atom. The highest BCUT2D eigenvalue weighted by molar-refractivity contribution is 4.91. The molecule has 1 saturated carbocycles. The minimum Gasteiger partial charge on any atom is -0.396 e. The highest BCUT2D eigenvalue weighted by Gasteiger charge is 2.41. The summed E-state index contributed by atoms with van der Waals surface area (Å²) in [6.07, 6.45) is 2.67. The van der Waals surface area contributed by atoms with Gasteiger partial charge in [0.2, 0.25) is 0 Å². The van der Waals surface area contributed by atoms with Crippen LogP contribution in [0.5, 0.6) is 0 Å². The predicted octanol–water partition coefficient (Wildman–Crippen LogP) is -0.498. The summed E-state index contributed by atoms with van der Waals surface area (Å²) < 4.78 is 0. The summed E-state index contributed by atoms with van der Waals surface area (Å²) in [5, 5.41) is 36.7. The maximum Gasteiger partial charge on any atom is 0.0509 e. The summed E-state index contributed by atoms with van der Waals surface area (Å²) in [7, 11) is 0. The minimum atomic E-state index is -0.395. The molecule has 0 aromatic carbocycles. The van der Waals surface area contributed by atoms with E-state index in [4.69, 9.17) is 0 Å². The fourth-order valence-corrected chi connectivity index (χ4v) is 2.04. The van der Waals surface area contributed by atoms with E-state index in [-0.39, 0.29) is 26.4 Å². The van der Waals surface area contributed by atoms with Crippen molar-refractivity contribution in [2.45, 2.75) is 25.7 Å². The van der Waals surface area contributed by atoms with Crippen LogP contribution in [0.3, 0.4) is 0 Å². The molecule has 0 saturated heterocycles. The quantitative estimate of drug-likeness (QED) is 0.498. The fourth-order valence-electron chi connectivity index (χ4n) is 2.04. The summed E-state index contributed by atoms with van der Waals surface area (Å²) in [5.41, 5.74) is -0.790. The van der Waals surface area contributed by atoms with Crippen molar-refractivity contribution in [2.75, 3.05) is 26.4 Å². The standard InChI is InChI=1S/C10H20O4/c11-5-9(6-12)1-2-10(7-13,8-14)4-3-9/h11-14H,1-8H2. The number of aliphatic hydroxyl groups excluding tert-OH is 4. The highest BCUT2D eigenvalue weighted by Crippen LogP contribution is 2.44. The SMILES string of the molecule is OCC1(CO)CCC(CO)(CO)CC1. The lowest BCUT2D eigenvalue weighted by Gasteiger charge is -2.43.